The van der Waals surface area contributed by atoms with Crippen molar-refractivity contribution in [2.75, 3.05) is 31.6 Å². The largest absolute Gasteiger partial charge is 0.311 e. The number of nitrogens with one attached hydrogen (secondary N) is 1. The molecule has 0 saturated carbocycles. The lowest BCUT2D eigenvalue weighted by molar-refractivity contribution is 0.116. The van der Waals surface area contributed by atoms with Gasteiger partial charge >= 0.3 is 0 Å². The quantitative estimate of drug-likeness (QED) is 0.652. The maximum atomic E-state index is 3.75. The molecule has 1 aliphatic heterocycles. The highest BCUT2D eigenvalue weighted by atomic mass is 32.2. The van der Waals surface area contributed by atoms with Crippen LogP contribution in [0.5, 0.6) is 0 Å². The Kier molecular flexibility index (Phi) is 9.17. The van der Waals surface area contributed by atoms with Gasteiger partial charge in [0, 0.05) is 25.2 Å². The summed E-state index contributed by atoms with van der Waals surface area (Å²) in [5.74, 6) is 2.13. The molecule has 1 heterocycles. The van der Waals surface area contributed by atoms with E-state index >= 15 is 0 Å². The van der Waals surface area contributed by atoms with E-state index in [2.05, 4.69) is 37.2 Å². The van der Waals surface area contributed by atoms with Crippen LogP contribution in [0.15, 0.2) is 0 Å². The van der Waals surface area contributed by atoms with Crippen LogP contribution in [0.1, 0.15) is 52.9 Å². The van der Waals surface area contributed by atoms with Crippen molar-refractivity contribution in [1.82, 2.24) is 10.2 Å². The predicted molar refractivity (Wildman–Crippen MR) is 89.1 cm³/mol. The molecule has 0 amide bonds. The monoisotopic (exact) mass is 286 g/mol. The molecule has 0 aromatic carbocycles. The summed E-state index contributed by atoms with van der Waals surface area (Å²) in [4.78, 5) is 2.75. The number of piperazine rings is 1. The number of rotatable bonds is 9. The Bertz CT molecular complexity index is 221. The van der Waals surface area contributed by atoms with Crippen molar-refractivity contribution in [2.45, 2.75) is 65.0 Å². The molecular formula is C16H34N2S. The molecule has 1 aliphatic rings. The summed E-state index contributed by atoms with van der Waals surface area (Å²) in [6, 6.07) is 1.48. The molecule has 0 aliphatic carbocycles. The summed E-state index contributed by atoms with van der Waals surface area (Å²) >= 11 is 1.98. The molecule has 1 rings (SSSR count). The van der Waals surface area contributed by atoms with Crippen LogP contribution in [0.25, 0.3) is 0 Å². The van der Waals surface area contributed by atoms with Gasteiger partial charge in [-0.05, 0) is 50.2 Å². The second-order valence-electron chi connectivity index (χ2n) is 6.35. The lowest BCUT2D eigenvalue weighted by Crippen LogP contribution is -2.56. The predicted octanol–water partition coefficient (Wildman–Crippen LogP) is 3.62. The van der Waals surface area contributed by atoms with E-state index < -0.39 is 0 Å². The molecule has 2 unspecified atom stereocenters. The normalized spacial score (nSPS) is 25.1. The van der Waals surface area contributed by atoms with Gasteiger partial charge < -0.3 is 5.32 Å². The van der Waals surface area contributed by atoms with Crippen molar-refractivity contribution in [3.05, 3.63) is 0 Å². The average molecular weight is 287 g/mol. The summed E-state index contributed by atoms with van der Waals surface area (Å²) in [6.45, 7) is 10.8. The van der Waals surface area contributed by atoms with Gasteiger partial charge in [-0.2, -0.15) is 11.8 Å². The molecule has 2 nitrogen and oxygen atoms in total. The Hall–Kier alpha value is 0.270. The van der Waals surface area contributed by atoms with Crippen LogP contribution in [0.4, 0.5) is 0 Å². The highest BCUT2D eigenvalue weighted by molar-refractivity contribution is 7.98. The number of hydrogen-bond acceptors (Lipinski definition) is 3. The minimum absolute atomic E-state index is 0.717. The van der Waals surface area contributed by atoms with E-state index in [0.29, 0.717) is 6.04 Å². The maximum Gasteiger partial charge on any atom is 0.0218 e. The molecule has 3 heteroatoms. The topological polar surface area (TPSA) is 15.3 Å². The summed E-state index contributed by atoms with van der Waals surface area (Å²) in [6.07, 6.45) is 8.98. The van der Waals surface area contributed by atoms with Crippen LogP contribution in [-0.4, -0.2) is 48.6 Å². The van der Waals surface area contributed by atoms with Gasteiger partial charge in [-0.25, -0.2) is 0 Å². The van der Waals surface area contributed by atoms with Gasteiger partial charge in [-0.1, -0.05) is 27.2 Å². The number of thioether (sulfide) groups is 1. The number of hydrogen-bond donors (Lipinski definition) is 1. The van der Waals surface area contributed by atoms with E-state index in [4.69, 9.17) is 0 Å². The van der Waals surface area contributed by atoms with Gasteiger partial charge in [-0.3, -0.25) is 4.90 Å². The van der Waals surface area contributed by atoms with E-state index in [0.717, 1.165) is 12.0 Å². The molecule has 0 radical (unpaired) electrons. The molecule has 1 saturated heterocycles. The lowest BCUT2D eigenvalue weighted by Gasteiger charge is -2.40. The minimum atomic E-state index is 0.717. The van der Waals surface area contributed by atoms with Crippen molar-refractivity contribution >= 4 is 11.8 Å². The van der Waals surface area contributed by atoms with Gasteiger partial charge in [-0.15, -0.1) is 0 Å². The van der Waals surface area contributed by atoms with Crippen LogP contribution in [0.3, 0.4) is 0 Å². The number of nitrogens with zero attached hydrogens (tertiary/aromatic N) is 1. The fourth-order valence-corrected chi connectivity index (χ4v) is 3.56. The summed E-state index contributed by atoms with van der Waals surface area (Å²) in [5.41, 5.74) is 0. The van der Waals surface area contributed by atoms with Crippen LogP contribution in [0.2, 0.25) is 0 Å². The first-order valence-electron chi connectivity index (χ1n) is 8.13. The van der Waals surface area contributed by atoms with Gasteiger partial charge in [0.2, 0.25) is 0 Å². The molecule has 1 N–H and O–H groups in total. The van der Waals surface area contributed by atoms with Crippen molar-refractivity contribution in [1.29, 1.82) is 0 Å². The molecule has 0 aromatic rings. The second kappa shape index (κ2) is 10.1. The third-order valence-corrected chi connectivity index (χ3v) is 4.83. The van der Waals surface area contributed by atoms with E-state index in [1.807, 2.05) is 11.8 Å². The fraction of sp³-hybridized carbons (Fsp3) is 1.00. The van der Waals surface area contributed by atoms with E-state index in [1.54, 1.807) is 0 Å². The first kappa shape index (κ1) is 17.3. The summed E-state index contributed by atoms with van der Waals surface area (Å²) < 4.78 is 0. The number of unbranched alkanes of at least 4 members (excludes halogenated alkanes) is 2. The molecule has 2 atom stereocenters. The molecule has 0 bridgehead atoms. The van der Waals surface area contributed by atoms with Crippen molar-refractivity contribution in [3.63, 3.8) is 0 Å². The van der Waals surface area contributed by atoms with Crippen LogP contribution in [0, 0.1) is 5.92 Å². The third kappa shape index (κ3) is 7.01. The van der Waals surface area contributed by atoms with Crippen LogP contribution >= 0.6 is 11.8 Å². The van der Waals surface area contributed by atoms with Gasteiger partial charge in [0.15, 0.2) is 0 Å². The van der Waals surface area contributed by atoms with Crippen LogP contribution < -0.4 is 5.32 Å². The maximum absolute atomic E-state index is 3.75. The Labute approximate surface area is 125 Å². The van der Waals surface area contributed by atoms with Crippen molar-refractivity contribution in [3.8, 4) is 0 Å². The first-order chi connectivity index (χ1) is 9.17. The SMILES string of the molecule is CCC1CNC(CC(C)C)CN1CCCCCSC. The van der Waals surface area contributed by atoms with Crippen molar-refractivity contribution < 1.29 is 0 Å². The highest BCUT2D eigenvalue weighted by Crippen LogP contribution is 2.16. The smallest absolute Gasteiger partial charge is 0.0218 e. The zero-order valence-electron chi connectivity index (χ0n) is 13.5. The molecular weight excluding hydrogens is 252 g/mol. The molecule has 114 valence electrons. The lowest BCUT2D eigenvalue weighted by atomic mass is 9.98. The first-order valence-corrected chi connectivity index (χ1v) is 9.53. The van der Waals surface area contributed by atoms with E-state index in [-0.39, 0.29) is 0 Å². The molecule has 0 aromatic heterocycles. The highest BCUT2D eigenvalue weighted by Gasteiger charge is 2.26. The third-order valence-electron chi connectivity index (χ3n) is 4.13. The Morgan fingerprint density at radius 2 is 2.05 bits per heavy atom. The summed E-state index contributed by atoms with van der Waals surface area (Å²) in [7, 11) is 0. The van der Waals surface area contributed by atoms with Crippen LogP contribution in [-0.2, 0) is 0 Å². The Morgan fingerprint density at radius 1 is 1.26 bits per heavy atom. The zero-order valence-corrected chi connectivity index (χ0v) is 14.3. The summed E-state index contributed by atoms with van der Waals surface area (Å²) in [5, 5.41) is 3.75. The fourth-order valence-electron chi connectivity index (χ4n) is 3.07. The Balaban J connectivity index is 2.29. The standard InChI is InChI=1S/C16H34N2S/c1-5-16-12-17-15(11-14(2)3)13-18(16)9-7-6-8-10-19-4/h14-17H,5-13H2,1-4H3. The van der Waals surface area contributed by atoms with Gasteiger partial charge in [0.05, 0.1) is 0 Å². The minimum Gasteiger partial charge on any atom is -0.311 e. The zero-order chi connectivity index (χ0) is 14.1. The average Bonchev–Trinajstić information content (AvgIpc) is 2.38. The van der Waals surface area contributed by atoms with Crippen molar-refractivity contribution in [2.24, 2.45) is 5.92 Å². The Morgan fingerprint density at radius 3 is 2.68 bits per heavy atom. The van der Waals surface area contributed by atoms with E-state index in [9.17, 15) is 0 Å². The van der Waals surface area contributed by atoms with Gasteiger partial charge in [0.25, 0.3) is 0 Å². The molecule has 19 heavy (non-hydrogen) atoms. The molecule has 1 fully saturated rings. The second-order valence-corrected chi connectivity index (χ2v) is 7.33. The molecule has 0 spiro atoms. The van der Waals surface area contributed by atoms with E-state index in [1.165, 1.54) is 57.5 Å². The van der Waals surface area contributed by atoms with Gasteiger partial charge in [0.1, 0.15) is 0 Å².